The van der Waals surface area contributed by atoms with Crippen molar-refractivity contribution < 1.29 is 19.1 Å². The van der Waals surface area contributed by atoms with Crippen molar-refractivity contribution in [3.63, 3.8) is 0 Å². The first-order valence-electron chi connectivity index (χ1n) is 6.84. The van der Waals surface area contributed by atoms with Gasteiger partial charge in [0.15, 0.2) is 0 Å². The SMILES string of the molecule is COC(=O)C[C@H]1C[C@]2(C(=O)OC(C)(C)C)CC[C@H]1N2. The molecule has 2 aliphatic rings. The number of hydrogen-bond acceptors (Lipinski definition) is 5. The van der Waals surface area contributed by atoms with Gasteiger partial charge in [0.1, 0.15) is 11.1 Å². The Hall–Kier alpha value is -1.10. The third-order valence-electron chi connectivity index (χ3n) is 3.97. The zero-order chi connectivity index (χ0) is 14.3. The average Bonchev–Trinajstić information content (AvgIpc) is 2.85. The molecule has 0 spiro atoms. The highest BCUT2D eigenvalue weighted by Gasteiger charge is 2.56. The number of fused-ring (bicyclic) bond motifs is 2. The minimum Gasteiger partial charge on any atom is -0.469 e. The van der Waals surface area contributed by atoms with Gasteiger partial charge in [0.25, 0.3) is 0 Å². The molecule has 0 aromatic rings. The molecule has 2 fully saturated rings. The summed E-state index contributed by atoms with van der Waals surface area (Å²) in [4.78, 5) is 23.7. The number of ether oxygens (including phenoxy) is 2. The molecule has 0 aliphatic carbocycles. The summed E-state index contributed by atoms with van der Waals surface area (Å²) < 4.78 is 10.2. The summed E-state index contributed by atoms with van der Waals surface area (Å²) >= 11 is 0. The van der Waals surface area contributed by atoms with E-state index in [4.69, 9.17) is 9.47 Å². The van der Waals surface area contributed by atoms with Crippen molar-refractivity contribution in [1.82, 2.24) is 5.32 Å². The molecule has 2 rings (SSSR count). The van der Waals surface area contributed by atoms with E-state index in [1.54, 1.807) is 0 Å². The maximum atomic E-state index is 12.3. The van der Waals surface area contributed by atoms with Crippen LogP contribution < -0.4 is 5.32 Å². The van der Waals surface area contributed by atoms with Gasteiger partial charge < -0.3 is 9.47 Å². The number of carbonyl (C=O) groups excluding carboxylic acids is 2. The largest absolute Gasteiger partial charge is 0.469 e. The lowest BCUT2D eigenvalue weighted by Gasteiger charge is -2.30. The lowest BCUT2D eigenvalue weighted by molar-refractivity contribution is -0.162. The molecule has 3 atom stereocenters. The number of rotatable bonds is 3. The molecule has 0 radical (unpaired) electrons. The van der Waals surface area contributed by atoms with Gasteiger partial charge >= 0.3 is 11.9 Å². The van der Waals surface area contributed by atoms with Crippen LogP contribution in [0, 0.1) is 5.92 Å². The highest BCUT2D eigenvalue weighted by atomic mass is 16.6. The van der Waals surface area contributed by atoms with Crippen molar-refractivity contribution in [3.05, 3.63) is 0 Å². The van der Waals surface area contributed by atoms with Crippen LogP contribution in [0.25, 0.3) is 0 Å². The fourth-order valence-corrected chi connectivity index (χ4v) is 3.14. The monoisotopic (exact) mass is 269 g/mol. The molecule has 1 N–H and O–H groups in total. The number of esters is 2. The number of carbonyl (C=O) groups is 2. The standard InChI is InChI=1S/C14H23NO4/c1-13(2,3)19-12(17)14-6-5-10(15-14)9(8-14)7-11(16)18-4/h9-10,15H,5-8H2,1-4H3/t9-,10+,14-/m0/s1. The van der Waals surface area contributed by atoms with E-state index in [9.17, 15) is 9.59 Å². The molecule has 5 nitrogen and oxygen atoms in total. The van der Waals surface area contributed by atoms with Gasteiger partial charge in [-0.15, -0.1) is 0 Å². The Morgan fingerprint density at radius 3 is 2.63 bits per heavy atom. The van der Waals surface area contributed by atoms with Crippen molar-refractivity contribution in [3.8, 4) is 0 Å². The van der Waals surface area contributed by atoms with Crippen molar-refractivity contribution in [2.24, 2.45) is 5.92 Å². The average molecular weight is 269 g/mol. The summed E-state index contributed by atoms with van der Waals surface area (Å²) in [6.07, 6.45) is 2.76. The summed E-state index contributed by atoms with van der Waals surface area (Å²) in [6, 6.07) is 0.228. The number of nitrogens with one attached hydrogen (secondary N) is 1. The van der Waals surface area contributed by atoms with Crippen LogP contribution in [-0.2, 0) is 19.1 Å². The van der Waals surface area contributed by atoms with Gasteiger partial charge in [0, 0.05) is 12.5 Å². The van der Waals surface area contributed by atoms with E-state index in [-0.39, 0.29) is 23.9 Å². The summed E-state index contributed by atoms with van der Waals surface area (Å²) in [5, 5.41) is 3.36. The van der Waals surface area contributed by atoms with E-state index in [0.29, 0.717) is 12.8 Å². The van der Waals surface area contributed by atoms with Gasteiger partial charge in [0.05, 0.1) is 7.11 Å². The van der Waals surface area contributed by atoms with Gasteiger partial charge in [0.2, 0.25) is 0 Å². The lowest BCUT2D eigenvalue weighted by Crippen LogP contribution is -2.48. The minimum absolute atomic E-state index is 0.175. The highest BCUT2D eigenvalue weighted by molar-refractivity contribution is 5.83. The van der Waals surface area contributed by atoms with Gasteiger partial charge in [-0.1, -0.05) is 0 Å². The smallest absolute Gasteiger partial charge is 0.326 e. The number of hydrogen-bond donors (Lipinski definition) is 1. The molecular formula is C14H23NO4. The highest BCUT2D eigenvalue weighted by Crippen LogP contribution is 2.44. The molecule has 0 saturated carbocycles. The van der Waals surface area contributed by atoms with Crippen LogP contribution in [0.4, 0.5) is 0 Å². The Kier molecular flexibility index (Phi) is 3.60. The van der Waals surface area contributed by atoms with E-state index in [0.717, 1.165) is 12.8 Å². The van der Waals surface area contributed by atoms with E-state index in [1.165, 1.54) is 7.11 Å². The molecule has 2 aliphatic heterocycles. The van der Waals surface area contributed by atoms with Crippen LogP contribution in [0.2, 0.25) is 0 Å². The van der Waals surface area contributed by atoms with Gasteiger partial charge in [-0.3, -0.25) is 14.9 Å². The lowest BCUT2D eigenvalue weighted by atomic mass is 9.79. The first-order chi connectivity index (χ1) is 8.76. The summed E-state index contributed by atoms with van der Waals surface area (Å²) in [5.74, 6) is -0.220. The third-order valence-corrected chi connectivity index (χ3v) is 3.97. The van der Waals surface area contributed by atoms with Crippen LogP contribution in [-0.4, -0.2) is 36.2 Å². The maximum Gasteiger partial charge on any atom is 0.326 e. The first-order valence-corrected chi connectivity index (χ1v) is 6.84. The Bertz CT molecular complexity index is 387. The Labute approximate surface area is 114 Å². The second-order valence-electron chi connectivity index (χ2n) is 6.62. The molecule has 5 heteroatoms. The molecule has 2 bridgehead atoms. The Balaban J connectivity index is 2.02. The second-order valence-corrected chi connectivity index (χ2v) is 6.62. The zero-order valence-corrected chi connectivity index (χ0v) is 12.1. The Morgan fingerprint density at radius 1 is 1.37 bits per heavy atom. The van der Waals surface area contributed by atoms with Crippen LogP contribution in [0.5, 0.6) is 0 Å². The van der Waals surface area contributed by atoms with Crippen LogP contribution in [0.1, 0.15) is 46.5 Å². The summed E-state index contributed by atoms with van der Waals surface area (Å²) in [6.45, 7) is 5.61. The molecule has 0 unspecified atom stereocenters. The summed E-state index contributed by atoms with van der Waals surface area (Å²) in [5.41, 5.74) is -1.07. The van der Waals surface area contributed by atoms with E-state index < -0.39 is 11.1 Å². The molecule has 0 aromatic heterocycles. The quantitative estimate of drug-likeness (QED) is 0.785. The molecule has 108 valence electrons. The van der Waals surface area contributed by atoms with Gasteiger partial charge in [-0.25, -0.2) is 0 Å². The van der Waals surface area contributed by atoms with Crippen molar-refractivity contribution >= 4 is 11.9 Å². The first kappa shape index (κ1) is 14.3. The fraction of sp³-hybridized carbons (Fsp3) is 0.857. The predicted octanol–water partition coefficient (Wildman–Crippen LogP) is 1.40. The van der Waals surface area contributed by atoms with Crippen molar-refractivity contribution in [2.75, 3.05) is 7.11 Å². The van der Waals surface area contributed by atoms with E-state index in [1.807, 2.05) is 20.8 Å². The van der Waals surface area contributed by atoms with Gasteiger partial charge in [-0.05, 0) is 46.0 Å². The molecular weight excluding hydrogens is 246 g/mol. The van der Waals surface area contributed by atoms with E-state index >= 15 is 0 Å². The van der Waals surface area contributed by atoms with E-state index in [2.05, 4.69) is 5.32 Å². The zero-order valence-electron chi connectivity index (χ0n) is 12.1. The number of methoxy groups -OCH3 is 1. The summed E-state index contributed by atoms with van der Waals surface area (Å²) in [7, 11) is 1.40. The molecule has 19 heavy (non-hydrogen) atoms. The molecule has 0 aromatic carbocycles. The van der Waals surface area contributed by atoms with Crippen LogP contribution in [0.3, 0.4) is 0 Å². The normalized spacial score (nSPS) is 33.3. The maximum absolute atomic E-state index is 12.3. The second kappa shape index (κ2) is 4.78. The van der Waals surface area contributed by atoms with Crippen molar-refractivity contribution in [1.29, 1.82) is 0 Å². The molecule has 0 amide bonds. The van der Waals surface area contributed by atoms with Crippen LogP contribution >= 0.6 is 0 Å². The fourth-order valence-electron chi connectivity index (χ4n) is 3.14. The Morgan fingerprint density at radius 2 is 2.05 bits per heavy atom. The van der Waals surface area contributed by atoms with Crippen molar-refractivity contribution in [2.45, 2.75) is 63.6 Å². The third kappa shape index (κ3) is 2.91. The topological polar surface area (TPSA) is 64.6 Å². The minimum atomic E-state index is -0.587. The van der Waals surface area contributed by atoms with Gasteiger partial charge in [-0.2, -0.15) is 0 Å². The molecule has 2 saturated heterocycles. The van der Waals surface area contributed by atoms with Crippen LogP contribution in [0.15, 0.2) is 0 Å². The predicted molar refractivity (Wildman–Crippen MR) is 69.5 cm³/mol. The molecule has 2 heterocycles.